The molecule has 4 aromatic rings. The van der Waals surface area contributed by atoms with Crippen LogP contribution in [0.25, 0.3) is 32.7 Å². The average molecular weight is 788 g/mol. The van der Waals surface area contributed by atoms with Gasteiger partial charge in [-0.1, -0.05) is 39.8 Å². The van der Waals surface area contributed by atoms with E-state index >= 15 is 0 Å². The van der Waals surface area contributed by atoms with Crippen LogP contribution >= 0.6 is 0 Å². The van der Waals surface area contributed by atoms with E-state index in [1.54, 1.807) is 53.7 Å². The van der Waals surface area contributed by atoms with E-state index in [9.17, 15) is 47.5 Å². The zero-order chi connectivity index (χ0) is 39.0. The monoisotopic (exact) mass is 787 g/mol. The molecule has 0 amide bonds. The predicted molar refractivity (Wildman–Crippen MR) is 200 cm³/mol. The summed E-state index contributed by atoms with van der Waals surface area (Å²) in [6.45, 7) is 8.64. The van der Waals surface area contributed by atoms with Gasteiger partial charge in [-0.05, 0) is 47.6 Å². The van der Waals surface area contributed by atoms with Crippen molar-refractivity contribution < 1.29 is 64.9 Å². The van der Waals surface area contributed by atoms with Gasteiger partial charge >= 0.3 is 20.8 Å². The molecule has 0 aromatic heterocycles. The molecule has 283 valence electrons. The molecule has 8 N–H and O–H groups in total. The van der Waals surface area contributed by atoms with Gasteiger partial charge in [0.1, 0.15) is 11.5 Å². The van der Waals surface area contributed by atoms with Crippen LogP contribution in [0.5, 0.6) is 34.5 Å². The number of aryl methyl sites for hydroxylation is 2. The smallest absolute Gasteiger partial charge is 0.397 e. The Balaban J connectivity index is 0.00000756. The van der Waals surface area contributed by atoms with E-state index in [1.807, 2.05) is 0 Å². The number of phenols is 6. The van der Waals surface area contributed by atoms with Gasteiger partial charge in [0.25, 0.3) is 0 Å². The Morgan fingerprint density at radius 1 is 0.604 bits per heavy atom. The van der Waals surface area contributed by atoms with E-state index in [0.29, 0.717) is 33.0 Å². The van der Waals surface area contributed by atoms with E-state index in [0.717, 1.165) is 12.4 Å². The van der Waals surface area contributed by atoms with Crippen LogP contribution in [0.4, 0.5) is 0 Å². The van der Waals surface area contributed by atoms with Crippen LogP contribution in [0.2, 0.25) is 0 Å². The second-order valence-electron chi connectivity index (χ2n) is 12.6. The number of rotatable bonds is 13. The van der Waals surface area contributed by atoms with Gasteiger partial charge in [-0.15, -0.1) is 0 Å². The molecule has 16 nitrogen and oxygen atoms in total. The fraction of sp³-hybridized carbons (Fsp3) is 0.353. The summed E-state index contributed by atoms with van der Waals surface area (Å²) >= 11 is 0. The molecule has 0 bridgehead atoms. The molecule has 4 rings (SSSR count). The Kier molecular flexibility index (Phi) is 13.8. The molecule has 53 heavy (non-hydrogen) atoms. The minimum Gasteiger partial charge on any atom is -0.507 e. The number of phenolic OH excluding ortho intramolecular Hbond substituents is 6. The molecule has 0 fully saturated rings. The van der Waals surface area contributed by atoms with Gasteiger partial charge in [0.15, 0.2) is 23.0 Å². The standard InChI is InChI=1S/C34H40N2O14S2.Na/c1-15(2)23-19-11-17(5)25(31(39)27(19)21(29(37)33(23)41)13-35-7-9-49-51(43,44)45)26-18(6)12-20-24(16(3)4)34(42)30(38)22(28(20)32(26)40)14-36-8-10-50-52(46,47)48;/h11-16,37-42H,7-10H2,1-6H3,(H,43,44,45)(H,46,47,48);. The van der Waals surface area contributed by atoms with Crippen LogP contribution in [0.15, 0.2) is 22.1 Å². The van der Waals surface area contributed by atoms with Gasteiger partial charge in [0.05, 0.1) is 26.3 Å². The van der Waals surface area contributed by atoms with Gasteiger partial charge in [0, 0.05) is 86.1 Å². The molecule has 0 unspecified atom stereocenters. The third kappa shape index (κ3) is 9.15. The molecule has 0 saturated carbocycles. The summed E-state index contributed by atoms with van der Waals surface area (Å²) < 4.78 is 70.0. The van der Waals surface area contributed by atoms with Gasteiger partial charge < -0.3 is 30.6 Å². The fourth-order valence-electron chi connectivity index (χ4n) is 6.33. The molecule has 1 radical (unpaired) electrons. The maximum Gasteiger partial charge on any atom is 0.397 e. The van der Waals surface area contributed by atoms with Crippen LogP contribution in [0, 0.1) is 13.8 Å². The topological polar surface area (TPSA) is 273 Å². The Labute approximate surface area is 328 Å². The molecule has 0 saturated heterocycles. The predicted octanol–water partition coefficient (Wildman–Crippen LogP) is 4.85. The first-order chi connectivity index (χ1) is 24.1. The molecule has 0 aliphatic heterocycles. The Morgan fingerprint density at radius 2 is 0.925 bits per heavy atom. The van der Waals surface area contributed by atoms with Crippen molar-refractivity contribution in [1.29, 1.82) is 0 Å². The van der Waals surface area contributed by atoms with Crippen LogP contribution in [0.3, 0.4) is 0 Å². The van der Waals surface area contributed by atoms with Crippen LogP contribution in [0.1, 0.15) is 72.9 Å². The molecule has 0 aliphatic rings. The van der Waals surface area contributed by atoms with Gasteiger partial charge in [-0.3, -0.25) is 19.1 Å². The minimum atomic E-state index is -4.74. The maximum atomic E-state index is 12.1. The molecule has 0 spiro atoms. The number of hydrogen-bond donors (Lipinski definition) is 8. The molecule has 0 heterocycles. The Hall–Kier alpha value is -3.72. The van der Waals surface area contributed by atoms with Crippen molar-refractivity contribution in [2.45, 2.75) is 53.4 Å². The molecule has 0 atom stereocenters. The average Bonchev–Trinajstić information content (AvgIpc) is 3.00. The number of fused-ring (bicyclic) bond motifs is 2. The normalized spacial score (nSPS) is 12.6. The number of aliphatic imine (C=N–C) groups is 2. The van der Waals surface area contributed by atoms with Crippen molar-refractivity contribution in [3.05, 3.63) is 45.5 Å². The van der Waals surface area contributed by atoms with Crippen molar-refractivity contribution in [1.82, 2.24) is 0 Å². The first-order valence-corrected chi connectivity index (χ1v) is 18.5. The van der Waals surface area contributed by atoms with Crippen LogP contribution in [-0.4, -0.2) is 125 Å². The number of hydrogen-bond acceptors (Lipinski definition) is 14. The summed E-state index contributed by atoms with van der Waals surface area (Å²) in [5.74, 6) is -3.84. The third-order valence-electron chi connectivity index (χ3n) is 8.34. The van der Waals surface area contributed by atoms with Crippen LogP contribution in [-0.2, 0) is 29.2 Å². The zero-order valence-corrected chi connectivity index (χ0v) is 33.7. The van der Waals surface area contributed by atoms with Gasteiger partial charge in [0.2, 0.25) is 0 Å². The second-order valence-corrected chi connectivity index (χ2v) is 14.8. The van der Waals surface area contributed by atoms with Gasteiger partial charge in [-0.2, -0.15) is 16.8 Å². The summed E-state index contributed by atoms with van der Waals surface area (Å²) in [5.41, 5.74) is 1.32. The Morgan fingerprint density at radius 3 is 1.21 bits per heavy atom. The van der Waals surface area contributed by atoms with E-state index in [1.165, 1.54) is 0 Å². The van der Waals surface area contributed by atoms with E-state index in [4.69, 9.17) is 9.11 Å². The summed E-state index contributed by atoms with van der Waals surface area (Å²) in [7, 11) is -9.47. The summed E-state index contributed by atoms with van der Waals surface area (Å²) in [6.07, 6.45) is 2.19. The molecule has 4 aromatic carbocycles. The summed E-state index contributed by atoms with van der Waals surface area (Å²) in [5, 5.41) is 69.3. The van der Waals surface area contributed by atoms with E-state index in [2.05, 4.69) is 18.4 Å². The molecule has 19 heteroatoms. The minimum absolute atomic E-state index is 0. The van der Waals surface area contributed by atoms with E-state index in [-0.39, 0.29) is 87.5 Å². The van der Waals surface area contributed by atoms with Crippen molar-refractivity contribution in [2.75, 3.05) is 26.3 Å². The van der Waals surface area contributed by atoms with Crippen molar-refractivity contribution in [3.8, 4) is 45.6 Å². The second kappa shape index (κ2) is 16.7. The van der Waals surface area contributed by atoms with Gasteiger partial charge in [-0.25, -0.2) is 8.37 Å². The zero-order valence-electron chi connectivity index (χ0n) is 30.0. The quantitative estimate of drug-likeness (QED) is 0.0296. The Bertz CT molecular complexity index is 2190. The summed E-state index contributed by atoms with van der Waals surface area (Å²) in [6, 6.07) is 3.29. The first-order valence-electron chi connectivity index (χ1n) is 15.8. The SMILES string of the molecule is Cc1cc2c(C(C)C)c(O)c(O)c(C=NCCOS(=O)(=O)O)c2c(O)c1-c1c(C)cc2c(C(C)C)c(O)c(O)c(C=NCCOS(=O)(=O)O)c2c1O.[Na]. The van der Waals surface area contributed by atoms with Crippen molar-refractivity contribution >= 4 is 84.3 Å². The molecular formula is C34H40N2NaO14S2. The van der Waals surface area contributed by atoms with Crippen molar-refractivity contribution in [2.24, 2.45) is 9.98 Å². The summed E-state index contributed by atoms with van der Waals surface area (Å²) in [4.78, 5) is 8.09. The maximum absolute atomic E-state index is 12.1. The molecular weight excluding hydrogens is 747 g/mol. The number of aromatic hydroxyl groups is 6. The first kappa shape index (κ1) is 43.7. The third-order valence-corrected chi connectivity index (χ3v) is 9.26. The number of nitrogens with zero attached hydrogens (tertiary/aromatic N) is 2. The van der Waals surface area contributed by atoms with E-state index < -0.39 is 68.5 Å². The molecule has 0 aliphatic carbocycles. The van der Waals surface area contributed by atoms with Crippen LogP contribution < -0.4 is 0 Å². The largest absolute Gasteiger partial charge is 0.507 e. The van der Waals surface area contributed by atoms with Crippen molar-refractivity contribution in [3.63, 3.8) is 0 Å². The number of benzene rings is 4. The fourth-order valence-corrected chi connectivity index (χ4v) is 6.90.